The number of hydrogen-bond acceptors (Lipinski definition) is 5. The first kappa shape index (κ1) is 18.6. The maximum atomic E-state index is 12.1. The van der Waals surface area contributed by atoms with Crippen molar-refractivity contribution in [2.24, 2.45) is 5.73 Å². The van der Waals surface area contributed by atoms with Gasteiger partial charge in [0.05, 0.1) is 5.52 Å². The van der Waals surface area contributed by atoms with Crippen LogP contribution in [0.5, 0.6) is 0 Å². The largest absolute Gasteiger partial charge is 0.460 e. The van der Waals surface area contributed by atoms with Gasteiger partial charge >= 0.3 is 5.97 Å². The molecule has 1 aromatic carbocycles. The summed E-state index contributed by atoms with van der Waals surface area (Å²) in [5.41, 5.74) is 8.65. The van der Waals surface area contributed by atoms with Crippen molar-refractivity contribution in [1.29, 1.82) is 0 Å². The Kier molecular flexibility index (Phi) is 6.04. The highest BCUT2D eigenvalue weighted by Gasteiger charge is 2.15. The van der Waals surface area contributed by atoms with E-state index >= 15 is 0 Å². The summed E-state index contributed by atoms with van der Waals surface area (Å²) in [4.78, 5) is 20.2. The number of fused-ring (bicyclic) bond motifs is 1. The van der Waals surface area contributed by atoms with Gasteiger partial charge in [-0.2, -0.15) is 0 Å². The van der Waals surface area contributed by atoms with Gasteiger partial charge in [0.2, 0.25) is 0 Å². The summed E-state index contributed by atoms with van der Waals surface area (Å²) in [5.74, 6) is -0.462. The molecule has 0 aliphatic carbocycles. The Bertz CT molecular complexity index is 913. The van der Waals surface area contributed by atoms with Crippen LogP contribution in [0.1, 0.15) is 17.5 Å². The van der Waals surface area contributed by atoms with Crippen molar-refractivity contribution < 1.29 is 9.53 Å². The van der Waals surface area contributed by atoms with Crippen LogP contribution in [0.2, 0.25) is 10.3 Å². The number of aromatic nitrogens is 2. The molecule has 0 fully saturated rings. The standard InChI is InChI=1S/C19H17Cl2N3O2/c20-17-9-13(10-18(21)24-17)11-26-19(25)15(22)5-3-12-4-6-16-14(8-12)2-1-7-23-16/h1-2,4,6-10,15H,3,5,11,22H2/t15-/m0/s1. The summed E-state index contributed by atoms with van der Waals surface area (Å²) in [7, 11) is 0. The second kappa shape index (κ2) is 8.45. The third kappa shape index (κ3) is 4.91. The minimum absolute atomic E-state index is 0.0517. The molecular formula is C19H17Cl2N3O2. The maximum Gasteiger partial charge on any atom is 0.323 e. The van der Waals surface area contributed by atoms with Crippen molar-refractivity contribution in [2.45, 2.75) is 25.5 Å². The van der Waals surface area contributed by atoms with Gasteiger partial charge in [-0.15, -0.1) is 0 Å². The summed E-state index contributed by atoms with van der Waals surface area (Å²) in [6.45, 7) is 0.0517. The maximum absolute atomic E-state index is 12.1. The SMILES string of the molecule is N[C@@H](CCc1ccc2ncccc2c1)C(=O)OCc1cc(Cl)nc(Cl)c1. The molecule has 0 bridgehead atoms. The molecule has 26 heavy (non-hydrogen) atoms. The summed E-state index contributed by atoms with van der Waals surface area (Å²) in [6, 6.07) is 12.4. The summed E-state index contributed by atoms with van der Waals surface area (Å²) < 4.78 is 5.24. The number of esters is 1. The summed E-state index contributed by atoms with van der Waals surface area (Å²) in [5, 5.41) is 1.56. The molecule has 0 amide bonds. The van der Waals surface area contributed by atoms with Crippen molar-refractivity contribution in [3.63, 3.8) is 0 Å². The normalized spacial score (nSPS) is 12.1. The third-order valence-electron chi connectivity index (χ3n) is 3.92. The van der Waals surface area contributed by atoms with Crippen LogP contribution in [0.3, 0.4) is 0 Å². The van der Waals surface area contributed by atoms with Crippen LogP contribution in [0.25, 0.3) is 10.9 Å². The van der Waals surface area contributed by atoms with Gasteiger partial charge in [-0.1, -0.05) is 35.3 Å². The smallest absolute Gasteiger partial charge is 0.323 e. The van der Waals surface area contributed by atoms with Crippen LogP contribution < -0.4 is 5.73 Å². The minimum Gasteiger partial charge on any atom is -0.460 e. The second-order valence-corrected chi connectivity index (χ2v) is 6.68. The van der Waals surface area contributed by atoms with Gasteiger partial charge in [0.1, 0.15) is 23.0 Å². The lowest BCUT2D eigenvalue weighted by molar-refractivity contribution is -0.146. The van der Waals surface area contributed by atoms with E-state index in [1.54, 1.807) is 18.3 Å². The van der Waals surface area contributed by atoms with Gasteiger partial charge in [-0.05, 0) is 54.3 Å². The van der Waals surface area contributed by atoms with E-state index < -0.39 is 12.0 Å². The number of nitrogens with two attached hydrogens (primary N) is 1. The number of carbonyl (C=O) groups is 1. The zero-order chi connectivity index (χ0) is 18.5. The van der Waals surface area contributed by atoms with Crippen LogP contribution in [0.4, 0.5) is 0 Å². The molecule has 3 aromatic rings. The number of benzene rings is 1. The molecule has 2 aromatic heterocycles. The van der Waals surface area contributed by atoms with E-state index in [2.05, 4.69) is 16.0 Å². The number of nitrogens with zero attached hydrogens (tertiary/aromatic N) is 2. The number of aryl methyl sites for hydroxylation is 1. The van der Waals surface area contributed by atoms with Gasteiger partial charge in [0.25, 0.3) is 0 Å². The third-order valence-corrected chi connectivity index (χ3v) is 4.31. The van der Waals surface area contributed by atoms with E-state index in [9.17, 15) is 4.79 Å². The number of carbonyl (C=O) groups excluding carboxylic acids is 1. The molecule has 2 N–H and O–H groups in total. The van der Waals surface area contributed by atoms with Crippen molar-refractivity contribution in [1.82, 2.24) is 9.97 Å². The van der Waals surface area contributed by atoms with E-state index in [1.165, 1.54) is 0 Å². The quantitative estimate of drug-likeness (QED) is 0.510. The molecule has 7 heteroatoms. The molecule has 0 saturated carbocycles. The van der Waals surface area contributed by atoms with Gasteiger partial charge in [-0.3, -0.25) is 9.78 Å². The average Bonchev–Trinajstić information content (AvgIpc) is 2.63. The molecule has 5 nitrogen and oxygen atoms in total. The first-order chi connectivity index (χ1) is 12.5. The van der Waals surface area contributed by atoms with E-state index in [-0.39, 0.29) is 16.9 Å². The Hall–Kier alpha value is -2.21. The highest BCUT2D eigenvalue weighted by Crippen LogP contribution is 2.17. The van der Waals surface area contributed by atoms with E-state index in [0.29, 0.717) is 18.4 Å². The van der Waals surface area contributed by atoms with Crippen LogP contribution in [-0.2, 0) is 22.6 Å². The van der Waals surface area contributed by atoms with E-state index in [1.807, 2.05) is 24.3 Å². The molecule has 0 aliphatic heterocycles. The molecule has 1 atom stereocenters. The van der Waals surface area contributed by atoms with Crippen molar-refractivity contribution >= 4 is 40.1 Å². The van der Waals surface area contributed by atoms with Crippen molar-refractivity contribution in [3.05, 3.63) is 70.1 Å². The lowest BCUT2D eigenvalue weighted by Gasteiger charge is -2.12. The molecule has 0 radical (unpaired) electrons. The van der Waals surface area contributed by atoms with Crippen LogP contribution in [-0.4, -0.2) is 22.0 Å². The lowest BCUT2D eigenvalue weighted by Crippen LogP contribution is -2.32. The molecule has 2 heterocycles. The Morgan fingerprint density at radius 2 is 1.88 bits per heavy atom. The zero-order valence-corrected chi connectivity index (χ0v) is 15.4. The fourth-order valence-electron chi connectivity index (χ4n) is 2.58. The van der Waals surface area contributed by atoms with Crippen LogP contribution >= 0.6 is 23.2 Å². The number of halogens is 2. The topological polar surface area (TPSA) is 78.1 Å². The van der Waals surface area contributed by atoms with Crippen LogP contribution in [0.15, 0.2) is 48.7 Å². The lowest BCUT2D eigenvalue weighted by atomic mass is 10.0. The van der Waals surface area contributed by atoms with Crippen LogP contribution in [0, 0.1) is 0 Å². The molecule has 0 aliphatic rings. The molecule has 134 valence electrons. The molecule has 3 rings (SSSR count). The second-order valence-electron chi connectivity index (χ2n) is 5.90. The zero-order valence-electron chi connectivity index (χ0n) is 13.9. The molecule has 0 unspecified atom stereocenters. The van der Waals surface area contributed by atoms with Gasteiger partial charge in [0, 0.05) is 11.6 Å². The summed E-state index contributed by atoms with van der Waals surface area (Å²) >= 11 is 11.6. The van der Waals surface area contributed by atoms with Gasteiger partial charge in [-0.25, -0.2) is 4.98 Å². The Labute approximate surface area is 161 Å². The molecule has 0 spiro atoms. The number of rotatable bonds is 6. The first-order valence-corrected chi connectivity index (χ1v) is 8.85. The van der Waals surface area contributed by atoms with Gasteiger partial charge < -0.3 is 10.5 Å². The first-order valence-electron chi connectivity index (χ1n) is 8.09. The predicted octanol–water partition coefficient (Wildman–Crippen LogP) is 3.94. The van der Waals surface area contributed by atoms with E-state index in [0.717, 1.165) is 16.5 Å². The fourth-order valence-corrected chi connectivity index (χ4v) is 3.09. The number of pyridine rings is 2. The Morgan fingerprint density at radius 3 is 2.65 bits per heavy atom. The number of hydrogen-bond donors (Lipinski definition) is 1. The molecule has 0 saturated heterocycles. The van der Waals surface area contributed by atoms with E-state index in [4.69, 9.17) is 33.7 Å². The average molecular weight is 390 g/mol. The van der Waals surface area contributed by atoms with Gasteiger partial charge in [0.15, 0.2) is 0 Å². The highest BCUT2D eigenvalue weighted by molar-refractivity contribution is 6.32. The number of ether oxygens (including phenoxy) is 1. The minimum atomic E-state index is -0.702. The monoisotopic (exact) mass is 389 g/mol. The molecular weight excluding hydrogens is 373 g/mol. The van der Waals surface area contributed by atoms with Crippen molar-refractivity contribution in [3.8, 4) is 0 Å². The summed E-state index contributed by atoms with van der Waals surface area (Å²) in [6.07, 6.45) is 2.92. The Morgan fingerprint density at radius 1 is 1.12 bits per heavy atom. The predicted molar refractivity (Wildman–Crippen MR) is 102 cm³/mol. The van der Waals surface area contributed by atoms with Crippen molar-refractivity contribution in [2.75, 3.05) is 0 Å². The highest BCUT2D eigenvalue weighted by atomic mass is 35.5. The Balaban J connectivity index is 1.53. The fraction of sp³-hybridized carbons (Fsp3) is 0.211.